The fraction of sp³-hybridized carbons (Fsp3) is 0.182. The van der Waals surface area contributed by atoms with Crippen molar-refractivity contribution in [2.75, 3.05) is 14.1 Å². The third-order valence-corrected chi connectivity index (χ3v) is 2.15. The van der Waals surface area contributed by atoms with E-state index in [-0.39, 0.29) is 11.4 Å². The molecule has 0 aliphatic rings. The zero-order valence-electron chi connectivity index (χ0n) is 8.94. The van der Waals surface area contributed by atoms with Gasteiger partial charge in [0.2, 0.25) is 5.78 Å². The predicted octanol–water partition coefficient (Wildman–Crippen LogP) is 2.00. The van der Waals surface area contributed by atoms with Crippen LogP contribution in [0, 0.1) is 11.3 Å². The molecule has 0 saturated heterocycles. The first-order chi connectivity index (χ1) is 7.54. The van der Waals surface area contributed by atoms with Crippen LogP contribution in [0.3, 0.4) is 0 Å². The fourth-order valence-corrected chi connectivity index (χ4v) is 1.45. The molecule has 0 N–H and O–H groups in total. The number of rotatable bonds is 3. The highest BCUT2D eigenvalue weighted by atomic mass is 79.9. The van der Waals surface area contributed by atoms with E-state index in [1.807, 2.05) is 6.07 Å². The van der Waals surface area contributed by atoms with Gasteiger partial charge in [-0.05, 0) is 22.0 Å². The number of pyridine rings is 1. The quantitative estimate of drug-likeness (QED) is 0.482. The van der Waals surface area contributed by atoms with E-state index in [4.69, 9.17) is 5.26 Å². The van der Waals surface area contributed by atoms with Crippen LogP contribution in [0.25, 0.3) is 0 Å². The van der Waals surface area contributed by atoms with Crippen LogP contribution < -0.4 is 0 Å². The molecule has 82 valence electrons. The average Bonchev–Trinajstić information content (AvgIpc) is 2.24. The normalized spacial score (nSPS) is 10.8. The van der Waals surface area contributed by atoms with Crippen LogP contribution in [-0.2, 0) is 0 Å². The SMILES string of the molecule is CN(C)C=C(C#N)C(=O)c1cncc(Br)c1. The Morgan fingerprint density at radius 2 is 2.25 bits per heavy atom. The minimum atomic E-state index is -0.329. The summed E-state index contributed by atoms with van der Waals surface area (Å²) >= 11 is 3.22. The third kappa shape index (κ3) is 3.17. The van der Waals surface area contributed by atoms with E-state index < -0.39 is 0 Å². The van der Waals surface area contributed by atoms with Crippen LogP contribution >= 0.6 is 15.9 Å². The van der Waals surface area contributed by atoms with Gasteiger partial charge < -0.3 is 4.90 Å². The van der Waals surface area contributed by atoms with E-state index in [1.54, 1.807) is 31.3 Å². The smallest absolute Gasteiger partial charge is 0.206 e. The molecule has 0 aliphatic carbocycles. The molecule has 0 amide bonds. The lowest BCUT2D eigenvalue weighted by Gasteiger charge is -2.05. The van der Waals surface area contributed by atoms with Crippen LogP contribution in [0.15, 0.2) is 34.7 Å². The maximum atomic E-state index is 11.9. The maximum absolute atomic E-state index is 11.9. The Morgan fingerprint density at radius 1 is 1.56 bits per heavy atom. The summed E-state index contributed by atoms with van der Waals surface area (Å²) in [5, 5.41) is 8.88. The molecule has 0 atom stereocenters. The highest BCUT2D eigenvalue weighted by Gasteiger charge is 2.12. The number of allylic oxidation sites excluding steroid dienone is 1. The number of nitriles is 1. The summed E-state index contributed by atoms with van der Waals surface area (Å²) in [6, 6.07) is 3.51. The van der Waals surface area contributed by atoms with E-state index in [1.165, 1.54) is 12.4 Å². The number of carbonyl (C=O) groups excluding carboxylic acids is 1. The molecule has 0 saturated carbocycles. The Morgan fingerprint density at radius 3 is 2.75 bits per heavy atom. The van der Waals surface area contributed by atoms with E-state index in [2.05, 4.69) is 20.9 Å². The van der Waals surface area contributed by atoms with Crippen LogP contribution in [-0.4, -0.2) is 29.8 Å². The molecule has 0 bridgehead atoms. The van der Waals surface area contributed by atoms with Gasteiger partial charge in [0, 0.05) is 42.7 Å². The second-order valence-corrected chi connectivity index (χ2v) is 4.25. The maximum Gasteiger partial charge on any atom is 0.206 e. The second-order valence-electron chi connectivity index (χ2n) is 3.34. The average molecular weight is 280 g/mol. The monoisotopic (exact) mass is 279 g/mol. The summed E-state index contributed by atoms with van der Waals surface area (Å²) in [6.07, 6.45) is 4.51. The van der Waals surface area contributed by atoms with Crippen LogP contribution in [0.1, 0.15) is 10.4 Å². The second kappa shape index (κ2) is 5.42. The summed E-state index contributed by atoms with van der Waals surface area (Å²) in [5.41, 5.74) is 0.480. The number of hydrogen-bond acceptors (Lipinski definition) is 4. The Balaban J connectivity index is 3.07. The number of aromatic nitrogens is 1. The molecule has 0 radical (unpaired) electrons. The van der Waals surface area contributed by atoms with Crippen LogP contribution in [0.5, 0.6) is 0 Å². The van der Waals surface area contributed by atoms with Gasteiger partial charge in [-0.3, -0.25) is 9.78 Å². The highest BCUT2D eigenvalue weighted by molar-refractivity contribution is 9.10. The highest BCUT2D eigenvalue weighted by Crippen LogP contribution is 2.13. The molecule has 1 aromatic rings. The first-order valence-electron chi connectivity index (χ1n) is 4.48. The Labute approximate surface area is 102 Å². The molecule has 0 fully saturated rings. The number of carbonyl (C=O) groups is 1. The Bertz CT molecular complexity index is 474. The molecule has 16 heavy (non-hydrogen) atoms. The van der Waals surface area contributed by atoms with Crippen molar-refractivity contribution < 1.29 is 4.79 Å². The van der Waals surface area contributed by atoms with Crippen molar-refractivity contribution in [3.8, 4) is 6.07 Å². The van der Waals surface area contributed by atoms with E-state index in [0.29, 0.717) is 10.0 Å². The molecular weight excluding hydrogens is 270 g/mol. The first-order valence-corrected chi connectivity index (χ1v) is 5.27. The zero-order valence-corrected chi connectivity index (χ0v) is 10.5. The van der Waals surface area contributed by atoms with Crippen molar-refractivity contribution in [1.29, 1.82) is 5.26 Å². The molecule has 0 aliphatic heterocycles. The van der Waals surface area contributed by atoms with Gasteiger partial charge in [-0.25, -0.2) is 0 Å². The van der Waals surface area contributed by atoms with Gasteiger partial charge in [0.1, 0.15) is 11.6 Å². The van der Waals surface area contributed by atoms with E-state index in [0.717, 1.165) is 0 Å². The van der Waals surface area contributed by atoms with Crippen LogP contribution in [0.2, 0.25) is 0 Å². The van der Waals surface area contributed by atoms with Crippen molar-refractivity contribution in [1.82, 2.24) is 9.88 Å². The van der Waals surface area contributed by atoms with Crippen LogP contribution in [0.4, 0.5) is 0 Å². The van der Waals surface area contributed by atoms with Gasteiger partial charge in [0.25, 0.3) is 0 Å². The van der Waals surface area contributed by atoms with Gasteiger partial charge in [-0.2, -0.15) is 5.26 Å². The van der Waals surface area contributed by atoms with Crippen molar-refractivity contribution in [2.45, 2.75) is 0 Å². The lowest BCUT2D eigenvalue weighted by molar-refractivity contribution is 0.103. The van der Waals surface area contributed by atoms with Gasteiger partial charge in [-0.15, -0.1) is 0 Å². The molecule has 0 spiro atoms. The summed E-state index contributed by atoms with van der Waals surface area (Å²) in [5.74, 6) is -0.329. The minimum Gasteiger partial charge on any atom is -0.382 e. The number of nitrogens with zero attached hydrogens (tertiary/aromatic N) is 3. The van der Waals surface area contributed by atoms with Gasteiger partial charge in [0.05, 0.1) is 0 Å². The lowest BCUT2D eigenvalue weighted by atomic mass is 10.1. The van der Waals surface area contributed by atoms with Crippen molar-refractivity contribution in [3.63, 3.8) is 0 Å². The number of ketones is 1. The molecule has 0 aromatic carbocycles. The Kier molecular flexibility index (Phi) is 4.20. The third-order valence-electron chi connectivity index (χ3n) is 1.72. The first kappa shape index (κ1) is 12.4. The summed E-state index contributed by atoms with van der Waals surface area (Å²) < 4.78 is 0.709. The Hall–Kier alpha value is -1.67. The fourth-order valence-electron chi connectivity index (χ4n) is 1.09. The van der Waals surface area contributed by atoms with Crippen molar-refractivity contribution in [2.24, 2.45) is 0 Å². The molecule has 1 rings (SSSR count). The summed E-state index contributed by atoms with van der Waals surface area (Å²) in [6.45, 7) is 0. The zero-order chi connectivity index (χ0) is 12.1. The van der Waals surface area contributed by atoms with Gasteiger partial charge >= 0.3 is 0 Å². The largest absolute Gasteiger partial charge is 0.382 e. The van der Waals surface area contributed by atoms with Gasteiger partial charge in [0.15, 0.2) is 0 Å². The molecular formula is C11H10BrN3O. The van der Waals surface area contributed by atoms with E-state index >= 15 is 0 Å². The minimum absolute atomic E-state index is 0.0879. The molecule has 0 unspecified atom stereocenters. The van der Waals surface area contributed by atoms with Gasteiger partial charge in [-0.1, -0.05) is 0 Å². The summed E-state index contributed by atoms with van der Waals surface area (Å²) in [4.78, 5) is 17.4. The number of halogens is 1. The topological polar surface area (TPSA) is 57.0 Å². The molecule has 1 aromatic heterocycles. The lowest BCUT2D eigenvalue weighted by Crippen LogP contribution is -2.09. The molecule has 5 heteroatoms. The molecule has 1 heterocycles. The van der Waals surface area contributed by atoms with Crippen molar-refractivity contribution >= 4 is 21.7 Å². The van der Waals surface area contributed by atoms with E-state index in [9.17, 15) is 4.79 Å². The summed E-state index contributed by atoms with van der Waals surface area (Å²) in [7, 11) is 3.51. The standard InChI is InChI=1S/C11H10BrN3O/c1-15(2)7-9(4-13)11(16)8-3-10(12)6-14-5-8/h3,5-7H,1-2H3. The predicted molar refractivity (Wildman–Crippen MR) is 63.7 cm³/mol. The number of hydrogen-bond donors (Lipinski definition) is 0. The number of Topliss-reactive ketones (excluding diaryl/α,β-unsaturated/α-hetero) is 1. The van der Waals surface area contributed by atoms with Crippen molar-refractivity contribution in [3.05, 3.63) is 40.3 Å². The molecule has 4 nitrogen and oxygen atoms in total.